The summed E-state index contributed by atoms with van der Waals surface area (Å²) >= 11 is 2.18. The molecule has 0 unspecified atom stereocenters. The maximum Gasteiger partial charge on any atom is 0.246 e. The van der Waals surface area contributed by atoms with E-state index in [1.54, 1.807) is 34.4 Å². The van der Waals surface area contributed by atoms with Gasteiger partial charge in [-0.05, 0) is 34.7 Å². The van der Waals surface area contributed by atoms with Crippen LogP contribution in [0.1, 0.15) is 5.56 Å². The van der Waals surface area contributed by atoms with Crippen LogP contribution in [0, 0.1) is 3.57 Å². The molecule has 0 spiro atoms. The maximum absolute atomic E-state index is 11.5. The van der Waals surface area contributed by atoms with Crippen LogP contribution < -0.4 is 9.47 Å². The fraction of sp³-hybridized carbons (Fsp3) is 0.308. The van der Waals surface area contributed by atoms with Gasteiger partial charge in [0.2, 0.25) is 5.91 Å². The molecule has 1 aromatic rings. The topological polar surface area (TPSA) is 38.8 Å². The highest BCUT2D eigenvalue weighted by atomic mass is 127. The van der Waals surface area contributed by atoms with Gasteiger partial charge in [-0.15, -0.1) is 0 Å². The highest BCUT2D eigenvalue weighted by molar-refractivity contribution is 14.1. The van der Waals surface area contributed by atoms with Gasteiger partial charge in [0.25, 0.3) is 0 Å². The fourth-order valence-corrected chi connectivity index (χ4v) is 2.04. The average molecular weight is 361 g/mol. The van der Waals surface area contributed by atoms with Gasteiger partial charge in [-0.25, -0.2) is 0 Å². The van der Waals surface area contributed by atoms with Crippen LogP contribution >= 0.6 is 22.6 Å². The summed E-state index contributed by atoms with van der Waals surface area (Å²) in [6, 6.07) is 3.72. The highest BCUT2D eigenvalue weighted by Gasteiger charge is 2.08. The highest BCUT2D eigenvalue weighted by Crippen LogP contribution is 2.30. The molecule has 0 atom stereocenters. The van der Waals surface area contributed by atoms with Crippen LogP contribution in [-0.4, -0.2) is 39.1 Å². The quantitative estimate of drug-likeness (QED) is 0.611. The number of amides is 1. The second-order valence-corrected chi connectivity index (χ2v) is 4.96. The summed E-state index contributed by atoms with van der Waals surface area (Å²) < 4.78 is 11.5. The molecule has 18 heavy (non-hydrogen) atoms. The number of halogens is 1. The van der Waals surface area contributed by atoms with Crippen molar-refractivity contribution in [3.05, 3.63) is 27.3 Å². The van der Waals surface area contributed by atoms with Crippen LogP contribution in [0.25, 0.3) is 6.08 Å². The van der Waals surface area contributed by atoms with Crippen molar-refractivity contribution in [3.8, 4) is 11.5 Å². The lowest BCUT2D eigenvalue weighted by Crippen LogP contribution is -2.18. The Morgan fingerprint density at radius 1 is 1.22 bits per heavy atom. The molecule has 0 aliphatic heterocycles. The van der Waals surface area contributed by atoms with Crippen molar-refractivity contribution in [2.24, 2.45) is 0 Å². The van der Waals surface area contributed by atoms with Gasteiger partial charge in [-0.2, -0.15) is 0 Å². The summed E-state index contributed by atoms with van der Waals surface area (Å²) in [6.45, 7) is 0. The molecule has 98 valence electrons. The van der Waals surface area contributed by atoms with Gasteiger partial charge in [0.15, 0.2) is 0 Å². The van der Waals surface area contributed by atoms with E-state index in [1.165, 1.54) is 11.0 Å². The lowest BCUT2D eigenvalue weighted by atomic mass is 10.1. The molecule has 5 heteroatoms. The van der Waals surface area contributed by atoms with Gasteiger partial charge in [0, 0.05) is 31.8 Å². The third kappa shape index (κ3) is 3.63. The first-order valence-electron chi connectivity index (χ1n) is 5.30. The van der Waals surface area contributed by atoms with E-state index in [9.17, 15) is 4.79 Å². The van der Waals surface area contributed by atoms with Gasteiger partial charge in [-0.1, -0.05) is 0 Å². The molecule has 0 bridgehead atoms. The Morgan fingerprint density at radius 3 is 2.33 bits per heavy atom. The Labute approximate surface area is 121 Å². The number of ether oxygens (including phenoxy) is 2. The van der Waals surface area contributed by atoms with E-state index >= 15 is 0 Å². The number of nitrogens with zero attached hydrogens (tertiary/aromatic N) is 1. The minimum absolute atomic E-state index is 0.0668. The summed E-state index contributed by atoms with van der Waals surface area (Å²) in [4.78, 5) is 13.0. The zero-order valence-corrected chi connectivity index (χ0v) is 13.0. The number of rotatable bonds is 4. The molecule has 0 saturated heterocycles. The monoisotopic (exact) mass is 361 g/mol. The van der Waals surface area contributed by atoms with Crippen molar-refractivity contribution in [1.82, 2.24) is 4.90 Å². The molecule has 0 radical (unpaired) electrons. The lowest BCUT2D eigenvalue weighted by molar-refractivity contribution is -0.123. The number of hydrogen-bond acceptors (Lipinski definition) is 3. The summed E-state index contributed by atoms with van der Waals surface area (Å²) in [5, 5.41) is 0. The molecule has 1 amide bonds. The Hall–Kier alpha value is -1.24. The van der Waals surface area contributed by atoms with Crippen LogP contribution in [0.5, 0.6) is 11.5 Å². The second-order valence-electron chi connectivity index (χ2n) is 3.79. The van der Waals surface area contributed by atoms with Crippen LogP contribution in [0.4, 0.5) is 0 Å². The number of carbonyl (C=O) groups excluding carboxylic acids is 1. The Bertz CT molecular complexity index is 470. The smallest absolute Gasteiger partial charge is 0.246 e. The molecule has 0 saturated carbocycles. The number of carbonyl (C=O) groups is 1. The van der Waals surface area contributed by atoms with E-state index in [0.717, 1.165) is 14.9 Å². The van der Waals surface area contributed by atoms with Crippen molar-refractivity contribution < 1.29 is 14.3 Å². The Kier molecular flexibility index (Phi) is 5.46. The third-order valence-electron chi connectivity index (χ3n) is 2.35. The van der Waals surface area contributed by atoms with Crippen LogP contribution in [-0.2, 0) is 4.79 Å². The summed E-state index contributed by atoms with van der Waals surface area (Å²) in [5.41, 5.74) is 0.845. The Morgan fingerprint density at radius 2 is 1.83 bits per heavy atom. The van der Waals surface area contributed by atoms with E-state index in [1.807, 2.05) is 12.1 Å². The first-order chi connectivity index (χ1) is 8.49. The molecular weight excluding hydrogens is 345 g/mol. The lowest BCUT2D eigenvalue weighted by Gasteiger charge is -2.10. The normalized spacial score (nSPS) is 10.5. The van der Waals surface area contributed by atoms with Crippen LogP contribution in [0.2, 0.25) is 0 Å². The van der Waals surface area contributed by atoms with Crippen molar-refractivity contribution in [2.45, 2.75) is 0 Å². The predicted molar refractivity (Wildman–Crippen MR) is 80.0 cm³/mol. The Balaban J connectivity index is 3.09. The van der Waals surface area contributed by atoms with Crippen molar-refractivity contribution in [1.29, 1.82) is 0 Å². The number of likely N-dealkylation sites (N-methyl/N-ethyl adjacent to an activating group) is 1. The average Bonchev–Trinajstić information content (AvgIpc) is 2.35. The minimum Gasteiger partial charge on any atom is -0.496 e. The molecule has 1 aromatic carbocycles. The second kappa shape index (κ2) is 6.63. The zero-order chi connectivity index (χ0) is 13.7. The first-order valence-corrected chi connectivity index (χ1v) is 6.38. The van der Waals surface area contributed by atoms with E-state index in [0.29, 0.717) is 5.75 Å². The van der Waals surface area contributed by atoms with Crippen molar-refractivity contribution in [3.63, 3.8) is 0 Å². The number of methoxy groups -OCH3 is 2. The van der Waals surface area contributed by atoms with E-state index < -0.39 is 0 Å². The number of benzene rings is 1. The predicted octanol–water partition coefficient (Wildman–Crippen LogP) is 2.41. The summed E-state index contributed by atoms with van der Waals surface area (Å²) in [6.07, 6.45) is 3.25. The molecular formula is C13H16INO3. The van der Waals surface area contributed by atoms with Crippen molar-refractivity contribution in [2.75, 3.05) is 28.3 Å². The molecule has 0 aromatic heterocycles. The largest absolute Gasteiger partial charge is 0.496 e. The third-order valence-corrected chi connectivity index (χ3v) is 3.19. The van der Waals surface area contributed by atoms with E-state index in [2.05, 4.69) is 22.6 Å². The maximum atomic E-state index is 11.5. The van der Waals surface area contributed by atoms with Crippen LogP contribution in [0.15, 0.2) is 18.2 Å². The number of hydrogen-bond donors (Lipinski definition) is 0. The zero-order valence-electron chi connectivity index (χ0n) is 10.9. The molecule has 0 N–H and O–H groups in total. The molecule has 4 nitrogen and oxygen atoms in total. The minimum atomic E-state index is -0.0668. The van der Waals surface area contributed by atoms with Crippen molar-refractivity contribution >= 4 is 34.6 Å². The fourth-order valence-electron chi connectivity index (χ4n) is 1.32. The van der Waals surface area contributed by atoms with Gasteiger partial charge in [0.05, 0.1) is 17.8 Å². The first kappa shape index (κ1) is 14.8. The van der Waals surface area contributed by atoms with Gasteiger partial charge >= 0.3 is 0 Å². The van der Waals surface area contributed by atoms with Crippen LogP contribution in [0.3, 0.4) is 0 Å². The summed E-state index contributed by atoms with van der Waals surface area (Å²) in [5.74, 6) is 1.36. The SMILES string of the molecule is COc1cc(OC)c(C=CC(=O)N(C)C)cc1I. The molecule has 0 aliphatic rings. The van der Waals surface area contributed by atoms with E-state index in [-0.39, 0.29) is 5.91 Å². The van der Waals surface area contributed by atoms with Gasteiger partial charge in [-0.3, -0.25) is 4.79 Å². The van der Waals surface area contributed by atoms with Gasteiger partial charge < -0.3 is 14.4 Å². The summed E-state index contributed by atoms with van der Waals surface area (Å²) in [7, 11) is 6.62. The molecule has 0 heterocycles. The van der Waals surface area contributed by atoms with Gasteiger partial charge in [0.1, 0.15) is 11.5 Å². The molecule has 1 rings (SSSR count). The molecule has 0 fully saturated rings. The van der Waals surface area contributed by atoms with E-state index in [4.69, 9.17) is 9.47 Å². The standard InChI is InChI=1S/C13H16INO3/c1-15(2)13(16)6-5-9-7-10(14)12(18-4)8-11(9)17-3/h5-8H,1-4H3. The molecule has 0 aliphatic carbocycles.